The molecule has 5 aliphatic carbocycles. The summed E-state index contributed by atoms with van der Waals surface area (Å²) in [7, 11) is 4.14. The second-order valence-electron chi connectivity index (χ2n) is 20.8. The molecule has 0 radical (unpaired) electrons. The number of allylic oxidation sites excluding steroid dienone is 2. The lowest BCUT2D eigenvalue weighted by molar-refractivity contribution is -0.221. The van der Waals surface area contributed by atoms with E-state index in [2.05, 4.69) is 83.7 Å². The minimum atomic E-state index is -0.835. The van der Waals surface area contributed by atoms with Crippen LogP contribution in [0.3, 0.4) is 0 Å². The van der Waals surface area contributed by atoms with Crippen LogP contribution in [0.2, 0.25) is 5.02 Å². The van der Waals surface area contributed by atoms with Gasteiger partial charge in [0.05, 0.1) is 17.9 Å². The molecule has 3 unspecified atom stereocenters. The van der Waals surface area contributed by atoms with E-state index in [1.807, 2.05) is 32.0 Å². The number of hydrogen-bond donors (Lipinski definition) is 2. The largest absolute Gasteiger partial charge is 0.481 e. The molecular weight excluding hydrogens is 748 g/mol. The van der Waals surface area contributed by atoms with E-state index in [4.69, 9.17) is 16.3 Å². The molecule has 10 atom stereocenters. The third-order valence-corrected chi connectivity index (χ3v) is 17.2. The molecule has 0 amide bonds. The first-order chi connectivity index (χ1) is 27.2. The molecule has 322 valence electrons. The number of likely N-dealkylation sites (N-methyl/N-ethyl adjacent to an activating group) is 1. The summed E-state index contributed by atoms with van der Waals surface area (Å²) in [6.45, 7) is 20.2. The number of aliphatic hydroxyl groups excluding tert-OH is 1. The maximum atomic E-state index is 14.0. The molecule has 1 aromatic rings. The monoisotopic (exact) mass is 821 g/mol. The zero-order chi connectivity index (χ0) is 42.6. The Labute approximate surface area is 354 Å². The summed E-state index contributed by atoms with van der Waals surface area (Å²) < 4.78 is 6.43. The number of carboxylic acid groups (broad SMARTS) is 1. The van der Waals surface area contributed by atoms with Gasteiger partial charge in [0.1, 0.15) is 6.10 Å². The highest BCUT2D eigenvalue weighted by Gasteiger charge is 2.70. The Balaban J connectivity index is 1.19. The van der Waals surface area contributed by atoms with Gasteiger partial charge in [-0.3, -0.25) is 19.3 Å². The number of carbonyl (C=O) groups excluding carboxylic acids is 2. The van der Waals surface area contributed by atoms with Crippen molar-refractivity contribution in [2.24, 2.45) is 56.7 Å². The lowest BCUT2D eigenvalue weighted by Gasteiger charge is -2.71. The van der Waals surface area contributed by atoms with E-state index in [9.17, 15) is 24.6 Å². The number of esters is 1. The molecule has 58 heavy (non-hydrogen) atoms. The number of hydrogen-bond acceptors (Lipinski definition) is 7. The van der Waals surface area contributed by atoms with Gasteiger partial charge in [-0.05, 0) is 124 Å². The van der Waals surface area contributed by atoms with Crippen LogP contribution >= 0.6 is 11.6 Å². The second kappa shape index (κ2) is 16.7. The quantitative estimate of drug-likeness (QED) is 0.118. The zero-order valence-corrected chi connectivity index (χ0v) is 38.0. The Kier molecular flexibility index (Phi) is 13.0. The number of nitrogens with zero attached hydrogens (tertiary/aromatic N) is 2. The van der Waals surface area contributed by atoms with Gasteiger partial charge in [-0.2, -0.15) is 0 Å². The molecule has 0 aromatic heterocycles. The van der Waals surface area contributed by atoms with E-state index in [1.165, 1.54) is 5.57 Å². The van der Waals surface area contributed by atoms with E-state index < -0.39 is 34.7 Å². The number of carboxylic acids is 1. The highest BCUT2D eigenvalue weighted by atomic mass is 35.5. The van der Waals surface area contributed by atoms with Crippen LogP contribution in [0.15, 0.2) is 47.6 Å². The van der Waals surface area contributed by atoms with Gasteiger partial charge in [0, 0.05) is 53.9 Å². The van der Waals surface area contributed by atoms with Crippen LogP contribution in [-0.4, -0.2) is 83.7 Å². The Bertz CT molecular complexity index is 1790. The third-order valence-electron chi connectivity index (χ3n) is 17.0. The second-order valence-corrected chi connectivity index (χ2v) is 21.3. The van der Waals surface area contributed by atoms with Crippen LogP contribution in [0.1, 0.15) is 125 Å². The summed E-state index contributed by atoms with van der Waals surface area (Å²) in [5.41, 5.74) is 1.70. The predicted octanol–water partition coefficient (Wildman–Crippen LogP) is 9.62. The van der Waals surface area contributed by atoms with Crippen LogP contribution in [0.4, 0.5) is 0 Å². The van der Waals surface area contributed by atoms with Crippen molar-refractivity contribution in [1.82, 2.24) is 9.80 Å². The van der Waals surface area contributed by atoms with Gasteiger partial charge in [-0.25, -0.2) is 0 Å². The summed E-state index contributed by atoms with van der Waals surface area (Å²) in [4.78, 5) is 43.9. The Morgan fingerprint density at radius 2 is 1.76 bits per heavy atom. The Morgan fingerprint density at radius 3 is 2.34 bits per heavy atom. The lowest BCUT2D eigenvalue weighted by atomic mass is 9.33. The fraction of sp³-hybridized carbons (Fsp3) is 0.735. The maximum Gasteiger partial charge on any atom is 0.309 e. The van der Waals surface area contributed by atoms with Crippen LogP contribution in [0.25, 0.3) is 0 Å². The van der Waals surface area contributed by atoms with E-state index in [0.717, 1.165) is 69.2 Å². The van der Waals surface area contributed by atoms with E-state index >= 15 is 0 Å². The van der Waals surface area contributed by atoms with Gasteiger partial charge in [0.2, 0.25) is 0 Å². The smallest absolute Gasteiger partial charge is 0.309 e. The standard InChI is InChI=1S/C49H73ClN2O6/c1-11-48(40(54)30-52(25-24-51(9)10)29-33-14-12-15-34(50)26-33)28-39(53)42(31(2)3)36(48)17-13-16-35-32(4)18-21-49-23-22-47(49,8)41(19-20-46(35,49)7)58-44(57)38-27-37(43(55)56)45(38,5)6/h12,14-15,22-23,26,31-32,35,37-38,40-41,54H,11,13,16-21,24-25,27-30H2,1-10H3,(H,55,56)/t32-,35-,37?,38+,40-,41?,46+,47+,48?,49-/m0/s1. The Morgan fingerprint density at radius 1 is 1.03 bits per heavy atom. The van der Waals surface area contributed by atoms with Crippen molar-refractivity contribution in [3.05, 3.63) is 58.1 Å². The molecule has 9 heteroatoms. The number of carbonyl (C=O) groups is 3. The van der Waals surface area contributed by atoms with Gasteiger partial charge in [-0.15, -0.1) is 0 Å². The first kappa shape index (κ1) is 45.0. The highest BCUT2D eigenvalue weighted by molar-refractivity contribution is 6.30. The molecular formula is C49H73ClN2O6. The molecule has 6 rings (SSSR count). The number of halogens is 1. The SMILES string of the molecule is CCC1([C@@H](O)CN(CCN(C)C)Cc2cccc(Cl)c2)CC(=O)C(C(C)C)=C1CCC[C@H]1[C@@H](C)CC[C@@]23C=C[C@]2(C)C(OC(=O)[C@H]2CC(C(=O)O)C2(C)C)CC[C@]13C. The maximum absolute atomic E-state index is 14.0. The van der Waals surface area contributed by atoms with Crippen molar-refractivity contribution in [1.29, 1.82) is 0 Å². The fourth-order valence-corrected chi connectivity index (χ4v) is 13.4. The summed E-state index contributed by atoms with van der Waals surface area (Å²) in [6.07, 6.45) is 12.0. The number of rotatable bonds is 17. The Hall–Kier alpha value is -2.52. The summed E-state index contributed by atoms with van der Waals surface area (Å²) in [6, 6.07) is 7.95. The van der Waals surface area contributed by atoms with Gasteiger partial charge in [0.25, 0.3) is 0 Å². The number of aliphatic carboxylic acids is 1. The minimum Gasteiger partial charge on any atom is -0.481 e. The first-order valence-corrected chi connectivity index (χ1v) is 22.7. The molecule has 1 aromatic carbocycles. The average molecular weight is 822 g/mol. The van der Waals surface area contributed by atoms with Gasteiger partial charge < -0.3 is 19.8 Å². The molecule has 0 aliphatic heterocycles. The number of ketones is 1. The highest BCUT2D eigenvalue weighted by Crippen LogP contribution is 2.75. The molecule has 0 heterocycles. The summed E-state index contributed by atoms with van der Waals surface area (Å²) in [5.74, 6) is -0.692. The summed E-state index contributed by atoms with van der Waals surface area (Å²) in [5, 5.41) is 22.8. The topological polar surface area (TPSA) is 107 Å². The molecule has 2 N–H and O–H groups in total. The minimum absolute atomic E-state index is 0.0244. The fourth-order valence-electron chi connectivity index (χ4n) is 13.2. The molecule has 8 nitrogen and oxygen atoms in total. The van der Waals surface area contributed by atoms with Crippen LogP contribution in [-0.2, 0) is 25.7 Å². The van der Waals surface area contributed by atoms with Gasteiger partial charge in [0.15, 0.2) is 5.78 Å². The predicted molar refractivity (Wildman–Crippen MR) is 231 cm³/mol. The van der Waals surface area contributed by atoms with Crippen LogP contribution in [0, 0.1) is 56.7 Å². The molecule has 5 aliphatic rings. The van der Waals surface area contributed by atoms with Crippen molar-refractivity contribution < 1.29 is 29.3 Å². The molecule has 1 spiro atoms. The van der Waals surface area contributed by atoms with Gasteiger partial charge >= 0.3 is 11.9 Å². The average Bonchev–Trinajstić information content (AvgIpc) is 3.43. The van der Waals surface area contributed by atoms with Crippen molar-refractivity contribution in [2.75, 3.05) is 33.7 Å². The van der Waals surface area contributed by atoms with Crippen molar-refractivity contribution in [3.8, 4) is 0 Å². The number of aliphatic hydroxyl groups is 1. The van der Waals surface area contributed by atoms with Crippen molar-refractivity contribution in [2.45, 2.75) is 138 Å². The van der Waals surface area contributed by atoms with Gasteiger partial charge in [-0.1, -0.05) is 96.8 Å². The third kappa shape index (κ3) is 7.57. The number of ether oxygens (including phenoxy) is 1. The molecule has 3 fully saturated rings. The lowest BCUT2D eigenvalue weighted by Crippen LogP contribution is -2.67. The van der Waals surface area contributed by atoms with E-state index in [0.29, 0.717) is 49.2 Å². The molecule has 3 saturated carbocycles. The van der Waals surface area contributed by atoms with Crippen molar-refractivity contribution in [3.63, 3.8) is 0 Å². The van der Waals surface area contributed by atoms with Crippen molar-refractivity contribution >= 4 is 29.3 Å². The molecule has 0 saturated heterocycles. The van der Waals surface area contributed by atoms with Crippen LogP contribution in [0.5, 0.6) is 0 Å². The summed E-state index contributed by atoms with van der Waals surface area (Å²) >= 11 is 6.38. The normalized spacial score (nSPS) is 35.8. The van der Waals surface area contributed by atoms with E-state index in [-0.39, 0.29) is 40.0 Å². The van der Waals surface area contributed by atoms with E-state index in [1.54, 1.807) is 0 Å². The van der Waals surface area contributed by atoms with Crippen LogP contribution < -0.4 is 0 Å². The zero-order valence-electron chi connectivity index (χ0n) is 37.2. The number of benzene rings is 1. The molecule has 0 bridgehead atoms. The first-order valence-electron chi connectivity index (χ1n) is 22.4. The number of Topliss-reactive ketones (excluding diaryl/α,β-unsaturated/α-hetero) is 1.